The molecule has 0 unspecified atom stereocenters. The molecule has 2 aliphatic rings. The Kier molecular flexibility index (Phi) is 8.68. The minimum atomic E-state index is -0.780. The van der Waals surface area contributed by atoms with Crippen molar-refractivity contribution in [3.05, 3.63) is 59.2 Å². The Morgan fingerprint density at radius 2 is 1.68 bits per heavy atom. The molecule has 2 saturated heterocycles. The van der Waals surface area contributed by atoms with Crippen LogP contribution in [-0.2, 0) is 14.3 Å². The van der Waals surface area contributed by atoms with E-state index in [4.69, 9.17) is 18.9 Å². The number of aliphatic hydroxyl groups is 1. The molecule has 1 atom stereocenters. The third-order valence-corrected chi connectivity index (χ3v) is 6.54. The lowest BCUT2D eigenvalue weighted by molar-refractivity contribution is -0.140. The summed E-state index contributed by atoms with van der Waals surface area (Å²) in [5.41, 5.74) is 1.12. The molecule has 9 nitrogen and oxygen atoms in total. The van der Waals surface area contributed by atoms with Gasteiger partial charge in [0.1, 0.15) is 11.5 Å². The zero-order chi connectivity index (χ0) is 26.4. The summed E-state index contributed by atoms with van der Waals surface area (Å²) >= 11 is 0. The molecule has 0 bridgehead atoms. The van der Waals surface area contributed by atoms with E-state index in [2.05, 4.69) is 4.90 Å². The van der Waals surface area contributed by atoms with Crippen LogP contribution in [0.5, 0.6) is 17.2 Å². The molecule has 2 heterocycles. The SMILES string of the molecule is CCOc1ccc(C(O)=C2C(=O)C(=O)N(CCN3CCOCC3)[C@H]2c2ccc(OCC)c(OC)c2)cc1. The van der Waals surface area contributed by atoms with Crippen LogP contribution in [0.2, 0.25) is 0 Å². The Hall–Kier alpha value is -3.56. The molecule has 2 aromatic rings. The molecule has 4 rings (SSSR count). The van der Waals surface area contributed by atoms with E-state index in [0.717, 1.165) is 13.1 Å². The number of ketones is 1. The summed E-state index contributed by atoms with van der Waals surface area (Å²) in [6.45, 7) is 8.45. The highest BCUT2D eigenvalue weighted by atomic mass is 16.5. The first-order valence-electron chi connectivity index (χ1n) is 12.6. The Morgan fingerprint density at radius 3 is 2.32 bits per heavy atom. The molecule has 37 heavy (non-hydrogen) atoms. The monoisotopic (exact) mass is 510 g/mol. The van der Waals surface area contributed by atoms with E-state index in [1.54, 1.807) is 42.5 Å². The van der Waals surface area contributed by atoms with Crippen LogP contribution in [0.3, 0.4) is 0 Å². The average Bonchev–Trinajstić information content (AvgIpc) is 3.18. The van der Waals surface area contributed by atoms with Crippen molar-refractivity contribution in [1.82, 2.24) is 9.80 Å². The summed E-state index contributed by atoms with van der Waals surface area (Å²) in [5, 5.41) is 11.3. The van der Waals surface area contributed by atoms with E-state index in [9.17, 15) is 14.7 Å². The molecule has 0 aromatic heterocycles. The van der Waals surface area contributed by atoms with Crippen LogP contribution in [0.1, 0.15) is 31.0 Å². The fourth-order valence-electron chi connectivity index (χ4n) is 4.69. The van der Waals surface area contributed by atoms with Gasteiger partial charge in [-0.3, -0.25) is 14.5 Å². The Balaban J connectivity index is 1.75. The zero-order valence-corrected chi connectivity index (χ0v) is 21.6. The zero-order valence-electron chi connectivity index (χ0n) is 21.6. The van der Waals surface area contributed by atoms with Crippen molar-refractivity contribution in [2.45, 2.75) is 19.9 Å². The van der Waals surface area contributed by atoms with Gasteiger partial charge in [-0.2, -0.15) is 0 Å². The number of amides is 1. The van der Waals surface area contributed by atoms with Crippen molar-refractivity contribution in [2.75, 3.05) is 59.7 Å². The summed E-state index contributed by atoms with van der Waals surface area (Å²) in [6.07, 6.45) is 0. The van der Waals surface area contributed by atoms with Crippen LogP contribution in [0.15, 0.2) is 48.0 Å². The smallest absolute Gasteiger partial charge is 0.295 e. The summed E-state index contributed by atoms with van der Waals surface area (Å²) in [6, 6.07) is 11.3. The molecule has 9 heteroatoms. The minimum Gasteiger partial charge on any atom is -0.507 e. The van der Waals surface area contributed by atoms with E-state index >= 15 is 0 Å². The van der Waals surface area contributed by atoms with Crippen LogP contribution < -0.4 is 14.2 Å². The van der Waals surface area contributed by atoms with Gasteiger partial charge in [-0.05, 0) is 55.8 Å². The topological polar surface area (TPSA) is 97.8 Å². The van der Waals surface area contributed by atoms with E-state index in [0.29, 0.717) is 67.9 Å². The van der Waals surface area contributed by atoms with Crippen molar-refractivity contribution in [3.63, 3.8) is 0 Å². The fourth-order valence-corrected chi connectivity index (χ4v) is 4.69. The molecule has 0 radical (unpaired) electrons. The highest BCUT2D eigenvalue weighted by Gasteiger charge is 2.46. The number of carbonyl (C=O) groups excluding carboxylic acids is 2. The minimum absolute atomic E-state index is 0.0438. The number of rotatable bonds is 10. The van der Waals surface area contributed by atoms with Crippen LogP contribution in [0.4, 0.5) is 0 Å². The highest BCUT2D eigenvalue weighted by Crippen LogP contribution is 2.42. The van der Waals surface area contributed by atoms with E-state index in [-0.39, 0.29) is 11.3 Å². The average molecular weight is 511 g/mol. The standard InChI is InChI=1S/C28H34N2O7/c1-4-36-21-9-6-19(7-10-21)26(31)24-25(20-8-11-22(37-5-2)23(18-20)34-3)30(28(33)27(24)32)13-12-29-14-16-35-17-15-29/h6-11,18,25,31H,4-5,12-17H2,1-3H3/t25-/m0/s1. The van der Waals surface area contributed by atoms with Gasteiger partial charge >= 0.3 is 0 Å². The molecule has 1 N–H and O–H groups in total. The lowest BCUT2D eigenvalue weighted by Gasteiger charge is -2.31. The maximum absolute atomic E-state index is 13.3. The van der Waals surface area contributed by atoms with Crippen LogP contribution in [0, 0.1) is 0 Å². The van der Waals surface area contributed by atoms with E-state index < -0.39 is 17.7 Å². The van der Waals surface area contributed by atoms with Crippen LogP contribution in [-0.4, -0.2) is 86.3 Å². The number of methoxy groups -OCH3 is 1. The van der Waals surface area contributed by atoms with Crippen molar-refractivity contribution in [2.24, 2.45) is 0 Å². The van der Waals surface area contributed by atoms with Gasteiger partial charge in [0.2, 0.25) is 0 Å². The normalized spacial score (nSPS) is 19.8. The predicted octanol–water partition coefficient (Wildman–Crippen LogP) is 3.25. The van der Waals surface area contributed by atoms with Crippen LogP contribution >= 0.6 is 0 Å². The second-order valence-electron chi connectivity index (χ2n) is 8.75. The maximum atomic E-state index is 13.3. The summed E-state index contributed by atoms with van der Waals surface area (Å²) in [4.78, 5) is 30.4. The van der Waals surface area contributed by atoms with Gasteiger partial charge < -0.3 is 29.0 Å². The molecule has 1 amide bonds. The number of morpholine rings is 1. The quantitative estimate of drug-likeness (QED) is 0.296. The van der Waals surface area contributed by atoms with Gasteiger partial charge in [0.15, 0.2) is 11.5 Å². The Morgan fingerprint density at radius 1 is 0.973 bits per heavy atom. The summed E-state index contributed by atoms with van der Waals surface area (Å²) in [5.74, 6) is 0.112. The number of carbonyl (C=O) groups is 2. The Labute approximate surface area is 217 Å². The molecular weight excluding hydrogens is 476 g/mol. The third kappa shape index (κ3) is 5.73. The number of Topliss-reactive ketones (excluding diaryl/α,β-unsaturated/α-hetero) is 1. The predicted molar refractivity (Wildman–Crippen MR) is 138 cm³/mol. The number of likely N-dealkylation sites (tertiary alicyclic amines) is 1. The summed E-state index contributed by atoms with van der Waals surface area (Å²) in [7, 11) is 1.54. The van der Waals surface area contributed by atoms with Gasteiger partial charge in [-0.25, -0.2) is 0 Å². The number of hydrogen-bond donors (Lipinski definition) is 1. The van der Waals surface area contributed by atoms with Gasteiger partial charge in [-0.15, -0.1) is 0 Å². The molecule has 0 spiro atoms. The largest absolute Gasteiger partial charge is 0.507 e. The third-order valence-electron chi connectivity index (χ3n) is 6.54. The number of benzene rings is 2. The number of aliphatic hydroxyl groups excluding tert-OH is 1. The number of nitrogens with zero attached hydrogens (tertiary/aromatic N) is 2. The van der Waals surface area contributed by atoms with Crippen molar-refractivity contribution in [3.8, 4) is 17.2 Å². The molecule has 2 aromatic carbocycles. The molecule has 0 saturated carbocycles. The van der Waals surface area contributed by atoms with Crippen LogP contribution in [0.25, 0.3) is 5.76 Å². The first-order valence-corrected chi connectivity index (χ1v) is 12.6. The Bertz CT molecular complexity index is 1140. The first-order chi connectivity index (χ1) is 18.0. The second-order valence-corrected chi connectivity index (χ2v) is 8.75. The second kappa shape index (κ2) is 12.1. The number of ether oxygens (including phenoxy) is 4. The lowest BCUT2D eigenvalue weighted by Crippen LogP contribution is -2.42. The molecule has 2 fully saturated rings. The lowest BCUT2D eigenvalue weighted by atomic mass is 9.95. The van der Waals surface area contributed by atoms with E-state index in [1.807, 2.05) is 13.8 Å². The van der Waals surface area contributed by atoms with Crippen molar-refractivity contribution < 1.29 is 33.6 Å². The molecule has 198 valence electrons. The first kappa shape index (κ1) is 26.5. The van der Waals surface area contributed by atoms with Crippen molar-refractivity contribution in [1.29, 1.82) is 0 Å². The molecular formula is C28H34N2O7. The molecule has 0 aliphatic carbocycles. The number of hydrogen-bond acceptors (Lipinski definition) is 8. The fraction of sp³-hybridized carbons (Fsp3) is 0.429. The molecule has 2 aliphatic heterocycles. The van der Waals surface area contributed by atoms with Gasteiger partial charge in [0, 0.05) is 31.7 Å². The van der Waals surface area contributed by atoms with Crippen molar-refractivity contribution >= 4 is 17.4 Å². The highest BCUT2D eigenvalue weighted by molar-refractivity contribution is 6.46. The summed E-state index contributed by atoms with van der Waals surface area (Å²) < 4.78 is 22.1. The van der Waals surface area contributed by atoms with Gasteiger partial charge in [0.05, 0.1) is 45.2 Å². The maximum Gasteiger partial charge on any atom is 0.295 e. The van der Waals surface area contributed by atoms with E-state index in [1.165, 1.54) is 12.0 Å². The van der Waals surface area contributed by atoms with Gasteiger partial charge in [-0.1, -0.05) is 6.07 Å². The van der Waals surface area contributed by atoms with Gasteiger partial charge in [0.25, 0.3) is 11.7 Å².